The smallest absolute Gasteiger partial charge is 0.338 e. The van der Waals surface area contributed by atoms with E-state index in [0.717, 1.165) is 5.39 Å². The second kappa shape index (κ2) is 9.47. The summed E-state index contributed by atoms with van der Waals surface area (Å²) in [6, 6.07) is 20.9. The van der Waals surface area contributed by atoms with Crippen molar-refractivity contribution in [3.8, 4) is 0 Å². The molecule has 0 atom stereocenters. The van der Waals surface area contributed by atoms with Gasteiger partial charge in [-0.3, -0.25) is 4.79 Å². The van der Waals surface area contributed by atoms with E-state index >= 15 is 0 Å². The van der Waals surface area contributed by atoms with Crippen molar-refractivity contribution in [3.05, 3.63) is 99.7 Å². The van der Waals surface area contributed by atoms with Crippen molar-refractivity contribution in [2.45, 2.75) is 13.5 Å². The van der Waals surface area contributed by atoms with Gasteiger partial charge in [0, 0.05) is 26.7 Å². The van der Waals surface area contributed by atoms with E-state index in [2.05, 4.69) is 0 Å². The number of esters is 1. The van der Waals surface area contributed by atoms with Crippen molar-refractivity contribution in [2.75, 3.05) is 11.5 Å². The Morgan fingerprint density at radius 1 is 0.938 bits per heavy atom. The Balaban J connectivity index is 1.74. The van der Waals surface area contributed by atoms with Gasteiger partial charge >= 0.3 is 5.97 Å². The molecule has 0 saturated heterocycles. The van der Waals surface area contributed by atoms with E-state index in [1.54, 1.807) is 61.5 Å². The van der Waals surface area contributed by atoms with Crippen LogP contribution < -0.4 is 4.90 Å². The van der Waals surface area contributed by atoms with E-state index in [4.69, 9.17) is 32.4 Å². The van der Waals surface area contributed by atoms with Crippen molar-refractivity contribution >= 4 is 51.7 Å². The topological polar surface area (TPSA) is 59.8 Å². The van der Waals surface area contributed by atoms with Crippen molar-refractivity contribution in [2.24, 2.45) is 0 Å². The molecule has 0 aliphatic carbocycles. The molecule has 0 bridgehead atoms. The van der Waals surface area contributed by atoms with Crippen LogP contribution >= 0.6 is 23.2 Å². The molecule has 0 unspecified atom stereocenters. The normalized spacial score (nSPS) is 10.8. The van der Waals surface area contributed by atoms with Crippen LogP contribution in [-0.2, 0) is 11.3 Å². The van der Waals surface area contributed by atoms with Gasteiger partial charge in [-0.25, -0.2) is 4.79 Å². The lowest BCUT2D eigenvalue weighted by Gasteiger charge is -2.23. The molecule has 4 aromatic rings. The number of hydrogen-bond donors (Lipinski definition) is 0. The van der Waals surface area contributed by atoms with E-state index in [9.17, 15) is 9.59 Å². The first-order valence-electron chi connectivity index (χ1n) is 9.98. The number of carbonyl (C=O) groups excluding carboxylic acids is 2. The third-order valence-corrected chi connectivity index (χ3v) is 5.66. The second-order valence-corrected chi connectivity index (χ2v) is 7.82. The number of carbonyl (C=O) groups is 2. The average molecular weight is 468 g/mol. The largest absolute Gasteiger partial charge is 0.462 e. The van der Waals surface area contributed by atoms with Crippen LogP contribution in [0.1, 0.15) is 33.4 Å². The zero-order valence-electron chi connectivity index (χ0n) is 17.2. The lowest BCUT2D eigenvalue weighted by Crippen LogP contribution is -2.30. The Labute approximate surface area is 195 Å². The summed E-state index contributed by atoms with van der Waals surface area (Å²) >= 11 is 12.7. The summed E-state index contributed by atoms with van der Waals surface area (Å²) in [7, 11) is 0. The molecule has 0 aliphatic rings. The van der Waals surface area contributed by atoms with Gasteiger partial charge in [0.25, 0.3) is 5.91 Å². The Hall–Kier alpha value is -3.28. The van der Waals surface area contributed by atoms with Gasteiger partial charge in [0.15, 0.2) is 5.76 Å². The minimum absolute atomic E-state index is 0.118. The molecule has 1 amide bonds. The number of benzene rings is 3. The predicted octanol–water partition coefficient (Wildman–Crippen LogP) is 6.76. The molecule has 162 valence electrons. The van der Waals surface area contributed by atoms with Gasteiger partial charge in [-0.1, -0.05) is 47.5 Å². The molecular formula is C25H19Cl2NO4. The van der Waals surface area contributed by atoms with Crippen molar-refractivity contribution < 1.29 is 18.7 Å². The fraction of sp³-hybridized carbons (Fsp3) is 0.120. The van der Waals surface area contributed by atoms with Crippen LogP contribution in [0.15, 0.2) is 77.2 Å². The standard InChI is InChI=1S/C25H19Cl2NO4/c1-2-31-25(30)16-10-12-18(13-11-16)28(15-19-20(26)7-5-8-21(19)27)24(29)23-14-17-6-3-4-9-22(17)32-23/h3-14H,2,15H2,1H3. The number of ether oxygens (including phenoxy) is 1. The maximum absolute atomic E-state index is 13.5. The maximum atomic E-state index is 13.5. The number of hydrogen-bond acceptors (Lipinski definition) is 4. The molecule has 0 saturated carbocycles. The van der Waals surface area contributed by atoms with Crippen LogP contribution in [0.3, 0.4) is 0 Å². The minimum atomic E-state index is -0.427. The van der Waals surface area contributed by atoms with Crippen LogP contribution in [-0.4, -0.2) is 18.5 Å². The van der Waals surface area contributed by atoms with Crippen molar-refractivity contribution in [1.82, 2.24) is 0 Å². The van der Waals surface area contributed by atoms with Crippen LogP contribution in [0, 0.1) is 0 Å². The molecule has 0 radical (unpaired) electrons. The van der Waals surface area contributed by atoms with Crippen molar-refractivity contribution in [1.29, 1.82) is 0 Å². The monoisotopic (exact) mass is 467 g/mol. The van der Waals surface area contributed by atoms with Crippen LogP contribution in [0.2, 0.25) is 10.0 Å². The highest BCUT2D eigenvalue weighted by atomic mass is 35.5. The zero-order chi connectivity index (χ0) is 22.7. The molecule has 3 aromatic carbocycles. The summed E-state index contributed by atoms with van der Waals surface area (Å²) in [6.45, 7) is 2.14. The highest BCUT2D eigenvalue weighted by molar-refractivity contribution is 6.36. The number of nitrogens with zero attached hydrogens (tertiary/aromatic N) is 1. The molecule has 0 fully saturated rings. The number of fused-ring (bicyclic) bond motifs is 1. The number of furan rings is 1. The molecule has 0 aliphatic heterocycles. The zero-order valence-corrected chi connectivity index (χ0v) is 18.7. The number of para-hydroxylation sites is 1. The summed E-state index contributed by atoms with van der Waals surface area (Å²) < 4.78 is 10.8. The molecule has 0 spiro atoms. The Morgan fingerprint density at radius 3 is 2.28 bits per heavy atom. The summed E-state index contributed by atoms with van der Waals surface area (Å²) in [4.78, 5) is 27.0. The van der Waals surface area contributed by atoms with E-state index in [1.807, 2.05) is 18.2 Å². The summed E-state index contributed by atoms with van der Waals surface area (Å²) in [5.41, 5.74) is 2.17. The highest BCUT2D eigenvalue weighted by Gasteiger charge is 2.24. The van der Waals surface area contributed by atoms with Gasteiger partial charge in [-0.05, 0) is 55.5 Å². The molecular weight excluding hydrogens is 449 g/mol. The molecule has 1 aromatic heterocycles. The molecule has 32 heavy (non-hydrogen) atoms. The number of anilines is 1. The SMILES string of the molecule is CCOC(=O)c1ccc(N(Cc2c(Cl)cccc2Cl)C(=O)c2cc3ccccc3o2)cc1. The van der Waals surface area contributed by atoms with Crippen LogP contribution in [0.25, 0.3) is 11.0 Å². The average Bonchev–Trinajstić information content (AvgIpc) is 3.23. The van der Waals surface area contributed by atoms with Gasteiger partial charge in [0.2, 0.25) is 0 Å². The van der Waals surface area contributed by atoms with Gasteiger partial charge in [0.05, 0.1) is 18.7 Å². The van der Waals surface area contributed by atoms with E-state index < -0.39 is 5.97 Å². The van der Waals surface area contributed by atoms with Gasteiger partial charge in [-0.2, -0.15) is 0 Å². The lowest BCUT2D eigenvalue weighted by molar-refractivity contribution is 0.0526. The lowest BCUT2D eigenvalue weighted by atomic mass is 10.1. The van der Waals surface area contributed by atoms with Gasteiger partial charge < -0.3 is 14.1 Å². The summed E-state index contributed by atoms with van der Waals surface area (Å²) in [5, 5.41) is 1.72. The molecule has 1 heterocycles. The van der Waals surface area contributed by atoms with E-state index in [0.29, 0.717) is 32.4 Å². The van der Waals surface area contributed by atoms with Gasteiger partial charge in [-0.15, -0.1) is 0 Å². The molecule has 7 heteroatoms. The molecule has 5 nitrogen and oxygen atoms in total. The Kier molecular flexibility index (Phi) is 6.49. The van der Waals surface area contributed by atoms with Crippen molar-refractivity contribution in [3.63, 3.8) is 0 Å². The third kappa shape index (κ3) is 4.49. The van der Waals surface area contributed by atoms with E-state index in [-0.39, 0.29) is 24.8 Å². The predicted molar refractivity (Wildman–Crippen MR) is 126 cm³/mol. The highest BCUT2D eigenvalue weighted by Crippen LogP contribution is 2.30. The van der Waals surface area contributed by atoms with Crippen LogP contribution in [0.4, 0.5) is 5.69 Å². The summed E-state index contributed by atoms with van der Waals surface area (Å²) in [6.07, 6.45) is 0. The molecule has 4 rings (SSSR count). The third-order valence-electron chi connectivity index (χ3n) is 4.95. The summed E-state index contributed by atoms with van der Waals surface area (Å²) in [5.74, 6) is -0.603. The first kappa shape index (κ1) is 21.9. The number of halogens is 2. The van der Waals surface area contributed by atoms with E-state index in [1.165, 1.54) is 4.90 Å². The molecule has 0 N–H and O–H groups in total. The van der Waals surface area contributed by atoms with Gasteiger partial charge in [0.1, 0.15) is 5.58 Å². The number of rotatable bonds is 6. The Bertz CT molecular complexity index is 1230. The van der Waals surface area contributed by atoms with Crippen LogP contribution in [0.5, 0.6) is 0 Å². The first-order valence-corrected chi connectivity index (χ1v) is 10.7. The fourth-order valence-electron chi connectivity index (χ4n) is 3.33. The second-order valence-electron chi connectivity index (χ2n) is 7.01. The quantitative estimate of drug-likeness (QED) is 0.293. The maximum Gasteiger partial charge on any atom is 0.338 e. The Morgan fingerprint density at radius 2 is 1.62 bits per heavy atom. The number of amides is 1. The fourth-order valence-corrected chi connectivity index (χ4v) is 3.85. The minimum Gasteiger partial charge on any atom is -0.462 e. The first-order chi connectivity index (χ1) is 15.5.